The molecular weight excluding hydrogens is 525 g/mol. The Hall–Kier alpha value is -2.84. The van der Waals surface area contributed by atoms with Gasteiger partial charge in [-0.05, 0) is 50.2 Å². The summed E-state index contributed by atoms with van der Waals surface area (Å²) in [6, 6.07) is 20.5. The molecule has 3 aromatic carbocycles. The maximum Gasteiger partial charge on any atom is 0.250 e. The van der Waals surface area contributed by atoms with Gasteiger partial charge in [0.05, 0.1) is 16.5 Å². The summed E-state index contributed by atoms with van der Waals surface area (Å²) in [7, 11) is 0. The predicted octanol–water partition coefficient (Wildman–Crippen LogP) is 6.84. The summed E-state index contributed by atoms with van der Waals surface area (Å²) >= 11 is 19.5. The van der Waals surface area contributed by atoms with Crippen LogP contribution >= 0.6 is 46.6 Å². The molecule has 0 aliphatic heterocycles. The highest BCUT2D eigenvalue weighted by Crippen LogP contribution is 2.29. The average Bonchev–Trinajstić information content (AvgIpc) is 3.26. The van der Waals surface area contributed by atoms with Crippen LogP contribution in [0.1, 0.15) is 18.1 Å². The van der Waals surface area contributed by atoms with E-state index in [1.54, 1.807) is 37.3 Å². The van der Waals surface area contributed by atoms with Crippen LogP contribution in [0.3, 0.4) is 0 Å². The SMILES string of the molecule is CC(=NNC(=O)CSc1nnc(-c2ccc(C)cc2)n1-c1ccc(Cl)cc1)c1ccc(Cl)cc1Cl. The van der Waals surface area contributed by atoms with Gasteiger partial charge in [0.25, 0.3) is 5.91 Å². The van der Waals surface area contributed by atoms with E-state index in [0.29, 0.717) is 37.3 Å². The van der Waals surface area contributed by atoms with Crippen molar-refractivity contribution in [1.82, 2.24) is 20.2 Å². The summed E-state index contributed by atoms with van der Waals surface area (Å²) in [5.74, 6) is 0.466. The van der Waals surface area contributed by atoms with E-state index >= 15 is 0 Å². The summed E-state index contributed by atoms with van der Waals surface area (Å²) in [6.45, 7) is 3.78. The van der Waals surface area contributed by atoms with Gasteiger partial charge in [0, 0.05) is 26.9 Å². The normalized spacial score (nSPS) is 11.5. The van der Waals surface area contributed by atoms with Gasteiger partial charge < -0.3 is 0 Å². The molecular formula is C25H20Cl3N5OS. The Labute approximate surface area is 222 Å². The van der Waals surface area contributed by atoms with Crippen LogP contribution in [0.5, 0.6) is 0 Å². The molecule has 0 fully saturated rings. The summed E-state index contributed by atoms with van der Waals surface area (Å²) < 4.78 is 1.90. The number of nitrogens with one attached hydrogen (secondary N) is 1. The molecule has 0 aliphatic carbocycles. The summed E-state index contributed by atoms with van der Waals surface area (Å²) in [6.07, 6.45) is 0. The van der Waals surface area contributed by atoms with Crippen LogP contribution in [0.25, 0.3) is 17.1 Å². The maximum atomic E-state index is 12.5. The number of aryl methyl sites for hydroxylation is 1. The molecule has 0 radical (unpaired) electrons. The van der Waals surface area contributed by atoms with Crippen molar-refractivity contribution in [2.24, 2.45) is 5.10 Å². The van der Waals surface area contributed by atoms with Crippen LogP contribution in [-0.4, -0.2) is 32.1 Å². The molecule has 4 aromatic rings. The van der Waals surface area contributed by atoms with Gasteiger partial charge in [-0.3, -0.25) is 9.36 Å². The third-order valence-electron chi connectivity index (χ3n) is 5.03. The van der Waals surface area contributed by atoms with E-state index < -0.39 is 0 Å². The molecule has 35 heavy (non-hydrogen) atoms. The fourth-order valence-corrected chi connectivity index (χ4v) is 4.64. The molecule has 1 amide bonds. The second-order valence-electron chi connectivity index (χ2n) is 7.63. The number of hydrogen-bond donors (Lipinski definition) is 1. The highest BCUT2D eigenvalue weighted by Gasteiger charge is 2.17. The minimum atomic E-state index is -0.290. The van der Waals surface area contributed by atoms with Gasteiger partial charge in [-0.1, -0.05) is 82.5 Å². The fraction of sp³-hybridized carbons (Fsp3) is 0.120. The number of aromatic nitrogens is 3. The van der Waals surface area contributed by atoms with Crippen molar-refractivity contribution < 1.29 is 4.79 Å². The standard InChI is InChI=1S/C25H20Cl3N5OS/c1-15-3-5-17(6-4-15)24-31-32-25(33(24)20-10-7-18(26)8-11-20)35-14-23(34)30-29-16(2)21-12-9-19(27)13-22(21)28/h3-13H,14H2,1-2H3,(H,30,34). The Kier molecular flexibility index (Phi) is 8.13. The highest BCUT2D eigenvalue weighted by atomic mass is 35.5. The van der Waals surface area contributed by atoms with Gasteiger partial charge in [-0.15, -0.1) is 10.2 Å². The van der Waals surface area contributed by atoms with Gasteiger partial charge in [-0.25, -0.2) is 5.43 Å². The fourth-order valence-electron chi connectivity index (χ4n) is 3.23. The monoisotopic (exact) mass is 543 g/mol. The minimum absolute atomic E-state index is 0.0880. The van der Waals surface area contributed by atoms with E-state index in [0.717, 1.165) is 16.8 Å². The molecule has 0 aliphatic rings. The lowest BCUT2D eigenvalue weighted by Crippen LogP contribution is -2.21. The van der Waals surface area contributed by atoms with E-state index in [4.69, 9.17) is 34.8 Å². The van der Waals surface area contributed by atoms with Crippen molar-refractivity contribution in [2.45, 2.75) is 19.0 Å². The van der Waals surface area contributed by atoms with E-state index in [1.165, 1.54) is 11.8 Å². The smallest absolute Gasteiger partial charge is 0.250 e. The number of nitrogens with zero attached hydrogens (tertiary/aromatic N) is 4. The van der Waals surface area contributed by atoms with Crippen molar-refractivity contribution in [1.29, 1.82) is 0 Å². The lowest BCUT2D eigenvalue weighted by molar-refractivity contribution is -0.118. The van der Waals surface area contributed by atoms with Gasteiger partial charge in [0.2, 0.25) is 0 Å². The van der Waals surface area contributed by atoms with E-state index in [-0.39, 0.29) is 11.7 Å². The quantitative estimate of drug-likeness (QED) is 0.157. The first kappa shape index (κ1) is 25.3. The van der Waals surface area contributed by atoms with Crippen molar-refractivity contribution in [3.8, 4) is 17.1 Å². The molecule has 1 heterocycles. The lowest BCUT2D eigenvalue weighted by atomic mass is 10.1. The summed E-state index contributed by atoms with van der Waals surface area (Å²) in [5.41, 5.74) is 6.72. The third-order valence-corrected chi connectivity index (χ3v) is 6.76. The second-order valence-corrected chi connectivity index (χ2v) is 9.85. The average molecular weight is 545 g/mol. The molecule has 1 N–H and O–H groups in total. The Bertz CT molecular complexity index is 1390. The molecule has 0 bridgehead atoms. The van der Waals surface area contributed by atoms with Crippen LogP contribution in [0, 0.1) is 6.92 Å². The Morgan fingerprint density at radius 1 is 0.971 bits per heavy atom. The molecule has 0 atom stereocenters. The van der Waals surface area contributed by atoms with Crippen LogP contribution in [0.15, 0.2) is 77.0 Å². The van der Waals surface area contributed by atoms with Crippen molar-refractivity contribution >= 4 is 58.2 Å². The number of carbonyl (C=O) groups excluding carboxylic acids is 1. The van der Waals surface area contributed by atoms with Crippen LogP contribution in [-0.2, 0) is 4.79 Å². The molecule has 0 unspecified atom stereocenters. The molecule has 0 saturated heterocycles. The van der Waals surface area contributed by atoms with E-state index in [1.807, 2.05) is 47.9 Å². The molecule has 4 rings (SSSR count). The number of rotatable bonds is 7. The summed E-state index contributed by atoms with van der Waals surface area (Å²) in [4.78, 5) is 12.5. The topological polar surface area (TPSA) is 72.2 Å². The first-order valence-electron chi connectivity index (χ1n) is 10.5. The molecule has 10 heteroatoms. The van der Waals surface area contributed by atoms with Gasteiger partial charge in [0.1, 0.15) is 0 Å². The Morgan fingerprint density at radius 3 is 2.34 bits per heavy atom. The van der Waals surface area contributed by atoms with Crippen LogP contribution < -0.4 is 5.43 Å². The Balaban J connectivity index is 1.53. The second kappa shape index (κ2) is 11.3. The van der Waals surface area contributed by atoms with Gasteiger partial charge >= 0.3 is 0 Å². The molecule has 1 aromatic heterocycles. The predicted molar refractivity (Wildman–Crippen MR) is 144 cm³/mol. The summed E-state index contributed by atoms with van der Waals surface area (Å²) in [5, 5.41) is 15.1. The number of benzene rings is 3. The number of thioether (sulfide) groups is 1. The van der Waals surface area contributed by atoms with Crippen molar-refractivity contribution in [3.05, 3.63) is 92.9 Å². The van der Waals surface area contributed by atoms with Crippen molar-refractivity contribution in [3.63, 3.8) is 0 Å². The lowest BCUT2D eigenvalue weighted by Gasteiger charge is -2.11. The van der Waals surface area contributed by atoms with Crippen molar-refractivity contribution in [2.75, 3.05) is 5.75 Å². The number of hydrazone groups is 1. The van der Waals surface area contributed by atoms with Gasteiger partial charge in [-0.2, -0.15) is 5.10 Å². The highest BCUT2D eigenvalue weighted by molar-refractivity contribution is 7.99. The number of carbonyl (C=O) groups is 1. The zero-order chi connectivity index (χ0) is 24.9. The largest absolute Gasteiger partial charge is 0.272 e. The zero-order valence-corrected chi connectivity index (χ0v) is 21.9. The number of halogens is 3. The van der Waals surface area contributed by atoms with Crippen LogP contribution in [0.2, 0.25) is 15.1 Å². The number of amides is 1. The number of hydrogen-bond acceptors (Lipinski definition) is 5. The molecule has 0 spiro atoms. The molecule has 0 saturated carbocycles. The molecule has 6 nitrogen and oxygen atoms in total. The van der Waals surface area contributed by atoms with E-state index in [2.05, 4.69) is 20.7 Å². The minimum Gasteiger partial charge on any atom is -0.272 e. The Morgan fingerprint density at radius 2 is 1.66 bits per heavy atom. The van der Waals surface area contributed by atoms with Gasteiger partial charge in [0.15, 0.2) is 11.0 Å². The molecule has 178 valence electrons. The zero-order valence-electron chi connectivity index (χ0n) is 18.8. The third kappa shape index (κ3) is 6.24. The first-order valence-corrected chi connectivity index (χ1v) is 12.6. The van der Waals surface area contributed by atoms with E-state index in [9.17, 15) is 4.79 Å². The maximum absolute atomic E-state index is 12.5. The van der Waals surface area contributed by atoms with Crippen LogP contribution in [0.4, 0.5) is 0 Å². The first-order chi connectivity index (χ1) is 16.8.